The molecule has 1 aliphatic rings. The predicted molar refractivity (Wildman–Crippen MR) is 104 cm³/mol. The zero-order chi connectivity index (χ0) is 20.9. The minimum Gasteiger partial charge on any atom is -0.493 e. The molecule has 2 rings (SSSR count). The molecule has 28 heavy (non-hydrogen) atoms. The van der Waals surface area contributed by atoms with Gasteiger partial charge in [-0.3, -0.25) is 9.36 Å². The second-order valence-corrected chi connectivity index (χ2v) is 7.18. The second kappa shape index (κ2) is 8.65. The van der Waals surface area contributed by atoms with Gasteiger partial charge < -0.3 is 14.7 Å². The Kier molecular flexibility index (Phi) is 6.52. The Morgan fingerprint density at radius 1 is 1.54 bits per heavy atom. The van der Waals surface area contributed by atoms with Crippen LogP contribution in [0.2, 0.25) is 0 Å². The first-order chi connectivity index (χ1) is 13.2. The maximum absolute atomic E-state index is 12.5. The summed E-state index contributed by atoms with van der Waals surface area (Å²) >= 11 is 0. The fourth-order valence-electron chi connectivity index (χ4n) is 3.05. The predicted octanol–water partition coefficient (Wildman–Crippen LogP) is 1.90. The Morgan fingerprint density at radius 2 is 2.25 bits per heavy atom. The van der Waals surface area contributed by atoms with Crippen molar-refractivity contribution in [1.29, 1.82) is 0 Å². The van der Waals surface area contributed by atoms with E-state index in [-0.39, 0.29) is 36.4 Å². The van der Waals surface area contributed by atoms with E-state index in [1.54, 1.807) is 12.3 Å². The Morgan fingerprint density at radius 3 is 2.89 bits per heavy atom. The molecule has 1 fully saturated rings. The Labute approximate surface area is 163 Å². The van der Waals surface area contributed by atoms with Crippen molar-refractivity contribution in [3.8, 4) is 18.2 Å². The van der Waals surface area contributed by atoms with Gasteiger partial charge in [-0.15, -0.1) is 6.42 Å². The molecule has 0 aliphatic heterocycles. The number of carbonyl (C=O) groups excluding carboxylic acids is 1. The van der Waals surface area contributed by atoms with Gasteiger partial charge in [0.2, 0.25) is 5.88 Å². The van der Waals surface area contributed by atoms with Gasteiger partial charge in [-0.1, -0.05) is 43.7 Å². The van der Waals surface area contributed by atoms with E-state index in [0.29, 0.717) is 6.61 Å². The van der Waals surface area contributed by atoms with E-state index in [9.17, 15) is 14.7 Å². The van der Waals surface area contributed by atoms with Crippen molar-refractivity contribution in [2.24, 2.45) is 22.4 Å². The molecule has 0 spiro atoms. The average Bonchev–Trinajstić information content (AvgIpc) is 3.05. The highest BCUT2D eigenvalue weighted by Crippen LogP contribution is 2.59. The summed E-state index contributed by atoms with van der Waals surface area (Å²) in [7, 11) is 0. The number of hydrogen-bond acceptors (Lipinski definition) is 6. The van der Waals surface area contributed by atoms with Gasteiger partial charge in [0.15, 0.2) is 6.73 Å². The molecule has 1 aromatic rings. The van der Waals surface area contributed by atoms with E-state index < -0.39 is 11.7 Å². The molecule has 1 heterocycles. The zero-order valence-electron chi connectivity index (χ0n) is 16.3. The second-order valence-electron chi connectivity index (χ2n) is 7.18. The van der Waals surface area contributed by atoms with Crippen molar-refractivity contribution in [3.05, 3.63) is 41.0 Å². The minimum absolute atomic E-state index is 0.0210. The van der Waals surface area contributed by atoms with Crippen LogP contribution in [0.4, 0.5) is 0 Å². The zero-order valence-corrected chi connectivity index (χ0v) is 16.3. The van der Waals surface area contributed by atoms with E-state index in [4.69, 9.17) is 16.0 Å². The van der Waals surface area contributed by atoms with Gasteiger partial charge in [-0.05, 0) is 23.8 Å². The van der Waals surface area contributed by atoms with Crippen LogP contribution in [-0.4, -0.2) is 33.0 Å². The number of nitrogens with zero attached hydrogens (tertiary/aromatic N) is 3. The van der Waals surface area contributed by atoms with Crippen LogP contribution < -0.4 is 5.69 Å². The molecular weight excluding hydrogens is 362 g/mol. The van der Waals surface area contributed by atoms with Crippen molar-refractivity contribution in [1.82, 2.24) is 9.13 Å². The number of oxime groups is 1. The molecule has 0 amide bonds. The monoisotopic (exact) mass is 387 g/mol. The number of aromatic hydroxyl groups is 1. The molecule has 1 aliphatic carbocycles. The number of ether oxygens (including phenoxy) is 1. The molecule has 1 saturated carbocycles. The van der Waals surface area contributed by atoms with E-state index in [1.807, 2.05) is 26.8 Å². The van der Waals surface area contributed by atoms with Crippen molar-refractivity contribution in [3.63, 3.8) is 0 Å². The fraction of sp³-hybridized carbons (Fsp3) is 0.450. The summed E-state index contributed by atoms with van der Waals surface area (Å²) in [6.45, 7) is 9.29. The number of terminal acetylenes is 1. The SMILES string of the molecule is C#CCn1cc(O)n(COC(=O)[C@@H]2[C@@H](C=C(C)C=NOCC=C)C2(C)C)c1=O. The van der Waals surface area contributed by atoms with E-state index in [1.165, 1.54) is 6.20 Å². The quantitative estimate of drug-likeness (QED) is 0.174. The Bertz CT molecular complexity index is 898. The van der Waals surface area contributed by atoms with Crippen LogP contribution in [0.5, 0.6) is 5.88 Å². The van der Waals surface area contributed by atoms with Gasteiger partial charge in [0, 0.05) is 0 Å². The highest BCUT2D eigenvalue weighted by molar-refractivity contribution is 5.81. The number of imidazole rings is 1. The molecule has 0 saturated heterocycles. The summed E-state index contributed by atoms with van der Waals surface area (Å²) in [5.41, 5.74) is 0.0373. The standard InChI is InChI=1S/C20H25N3O5/c1-6-8-22-12-16(24)23(19(22)26)13-27-18(25)17-15(20(17,4)5)10-14(3)11-21-28-9-7-2/h1,7,10-12,15,17,24H,2,8-9,13H2,3-5H3/t15-,17+/m1/s1. The number of carbonyl (C=O) groups is 1. The van der Waals surface area contributed by atoms with Crippen LogP contribution in [0, 0.1) is 29.6 Å². The Hall–Kier alpha value is -3.21. The van der Waals surface area contributed by atoms with E-state index in [2.05, 4.69) is 17.7 Å². The van der Waals surface area contributed by atoms with Crippen LogP contribution >= 0.6 is 0 Å². The molecule has 150 valence electrons. The van der Waals surface area contributed by atoms with Gasteiger partial charge in [0.05, 0.1) is 24.9 Å². The summed E-state index contributed by atoms with van der Waals surface area (Å²) in [4.78, 5) is 29.5. The summed E-state index contributed by atoms with van der Waals surface area (Å²) in [5, 5.41) is 13.6. The van der Waals surface area contributed by atoms with Crippen LogP contribution in [0.15, 0.2) is 40.5 Å². The largest absolute Gasteiger partial charge is 0.493 e. The molecular formula is C20H25N3O5. The summed E-state index contributed by atoms with van der Waals surface area (Å²) in [6.07, 6.45) is 11.5. The molecule has 0 bridgehead atoms. The smallest absolute Gasteiger partial charge is 0.334 e. The lowest BCUT2D eigenvalue weighted by Gasteiger charge is -2.06. The first-order valence-electron chi connectivity index (χ1n) is 8.77. The number of esters is 1. The number of hydrogen-bond donors (Lipinski definition) is 1. The third-order valence-corrected chi connectivity index (χ3v) is 4.75. The van der Waals surface area contributed by atoms with E-state index >= 15 is 0 Å². The minimum atomic E-state index is -0.540. The van der Waals surface area contributed by atoms with Crippen LogP contribution in [0.25, 0.3) is 0 Å². The van der Waals surface area contributed by atoms with Crippen molar-refractivity contribution >= 4 is 12.2 Å². The molecule has 8 heteroatoms. The van der Waals surface area contributed by atoms with Crippen LogP contribution in [0.3, 0.4) is 0 Å². The highest BCUT2D eigenvalue weighted by Gasteiger charge is 2.61. The van der Waals surface area contributed by atoms with Crippen molar-refractivity contribution in [2.45, 2.75) is 34.0 Å². The lowest BCUT2D eigenvalue weighted by atomic mass is 10.1. The lowest BCUT2D eigenvalue weighted by Crippen LogP contribution is -2.26. The topological polar surface area (TPSA) is 95.1 Å². The van der Waals surface area contributed by atoms with Crippen LogP contribution in [0.1, 0.15) is 20.8 Å². The molecule has 8 nitrogen and oxygen atoms in total. The fourth-order valence-corrected chi connectivity index (χ4v) is 3.05. The normalized spacial score (nSPS) is 20.6. The molecule has 1 aromatic heterocycles. The summed E-state index contributed by atoms with van der Waals surface area (Å²) in [6, 6.07) is 0. The number of allylic oxidation sites excluding steroid dienone is 2. The molecule has 0 unspecified atom stereocenters. The van der Waals surface area contributed by atoms with Gasteiger partial charge in [-0.25, -0.2) is 9.36 Å². The average molecular weight is 387 g/mol. The van der Waals surface area contributed by atoms with Gasteiger partial charge in [-0.2, -0.15) is 0 Å². The molecule has 0 radical (unpaired) electrons. The number of aromatic nitrogens is 2. The lowest BCUT2D eigenvalue weighted by molar-refractivity contribution is -0.150. The van der Waals surface area contributed by atoms with Crippen LogP contribution in [-0.2, 0) is 27.6 Å². The van der Waals surface area contributed by atoms with Crippen molar-refractivity contribution < 1.29 is 19.5 Å². The first kappa shape index (κ1) is 21.1. The first-order valence-corrected chi connectivity index (χ1v) is 8.77. The Balaban J connectivity index is 1.99. The molecule has 1 N–H and O–H groups in total. The third-order valence-electron chi connectivity index (χ3n) is 4.75. The highest BCUT2D eigenvalue weighted by atomic mass is 16.6. The maximum Gasteiger partial charge on any atom is 0.334 e. The molecule has 0 aromatic carbocycles. The van der Waals surface area contributed by atoms with Gasteiger partial charge >= 0.3 is 11.7 Å². The number of rotatable bonds is 9. The summed E-state index contributed by atoms with van der Waals surface area (Å²) in [5.74, 6) is 1.19. The molecule has 2 atom stereocenters. The van der Waals surface area contributed by atoms with E-state index in [0.717, 1.165) is 14.7 Å². The maximum atomic E-state index is 12.5. The van der Waals surface area contributed by atoms with Gasteiger partial charge in [0.1, 0.15) is 6.61 Å². The van der Waals surface area contributed by atoms with Gasteiger partial charge in [0.25, 0.3) is 0 Å². The third kappa shape index (κ3) is 4.55. The van der Waals surface area contributed by atoms with Crippen molar-refractivity contribution in [2.75, 3.05) is 6.61 Å². The summed E-state index contributed by atoms with van der Waals surface area (Å²) < 4.78 is 7.37.